The molecule has 1 atom stereocenters. The van der Waals surface area contributed by atoms with Crippen LogP contribution in [0.1, 0.15) is 20.3 Å². The molecule has 0 spiro atoms. The molecule has 0 aliphatic heterocycles. The van der Waals surface area contributed by atoms with Crippen LogP contribution >= 0.6 is 23.2 Å². The van der Waals surface area contributed by atoms with Gasteiger partial charge in [0.25, 0.3) is 0 Å². The minimum absolute atomic E-state index is 0.0704. The molecular weight excluding hydrogens is 315 g/mol. The van der Waals surface area contributed by atoms with Gasteiger partial charge >= 0.3 is 0 Å². The Balaban J connectivity index is 2.51. The van der Waals surface area contributed by atoms with Crippen molar-refractivity contribution in [3.8, 4) is 0 Å². The van der Waals surface area contributed by atoms with Crippen molar-refractivity contribution in [2.45, 2.75) is 26.4 Å². The molecule has 0 unspecified atom stereocenters. The Morgan fingerprint density at radius 1 is 1.00 bits per heavy atom. The first-order valence-corrected chi connectivity index (χ1v) is 7.33. The SMILES string of the molecule is CCCNc1nc(Cl)nc2c(NC[C@H](C)O)nc(Cl)nc12. The second kappa shape index (κ2) is 7.02. The molecule has 2 aromatic heterocycles. The number of hydrogen-bond donors (Lipinski definition) is 3. The summed E-state index contributed by atoms with van der Waals surface area (Å²) in [7, 11) is 0. The van der Waals surface area contributed by atoms with Crippen molar-refractivity contribution in [1.82, 2.24) is 19.9 Å². The molecule has 2 aromatic rings. The average Bonchev–Trinajstić information content (AvgIpc) is 2.42. The van der Waals surface area contributed by atoms with Gasteiger partial charge in [-0.2, -0.15) is 9.97 Å². The third-order valence-corrected chi connectivity index (χ3v) is 2.93. The van der Waals surface area contributed by atoms with Gasteiger partial charge in [0, 0.05) is 13.1 Å². The molecular formula is C12H16Cl2N6O. The number of hydrogen-bond acceptors (Lipinski definition) is 7. The highest BCUT2D eigenvalue weighted by Gasteiger charge is 2.15. The molecule has 0 saturated carbocycles. The van der Waals surface area contributed by atoms with Crippen LogP contribution in [-0.4, -0.2) is 44.2 Å². The van der Waals surface area contributed by atoms with Crippen LogP contribution in [0.2, 0.25) is 10.6 Å². The molecule has 0 aliphatic rings. The van der Waals surface area contributed by atoms with Gasteiger partial charge in [-0.25, -0.2) is 9.97 Å². The zero-order valence-electron chi connectivity index (χ0n) is 11.7. The summed E-state index contributed by atoms with van der Waals surface area (Å²) in [5.41, 5.74) is 0.944. The van der Waals surface area contributed by atoms with Gasteiger partial charge in [-0.1, -0.05) is 6.92 Å². The van der Waals surface area contributed by atoms with Gasteiger partial charge in [0.2, 0.25) is 10.6 Å². The highest BCUT2D eigenvalue weighted by atomic mass is 35.5. The van der Waals surface area contributed by atoms with E-state index >= 15 is 0 Å². The summed E-state index contributed by atoms with van der Waals surface area (Å²) in [4.78, 5) is 16.5. The number of halogens is 2. The lowest BCUT2D eigenvalue weighted by Crippen LogP contribution is -2.17. The summed E-state index contributed by atoms with van der Waals surface area (Å²) < 4.78 is 0. The van der Waals surface area contributed by atoms with Gasteiger partial charge < -0.3 is 15.7 Å². The first-order valence-electron chi connectivity index (χ1n) is 6.57. The van der Waals surface area contributed by atoms with Crippen LogP contribution in [0.25, 0.3) is 11.0 Å². The largest absolute Gasteiger partial charge is 0.392 e. The molecule has 0 aromatic carbocycles. The predicted molar refractivity (Wildman–Crippen MR) is 84.1 cm³/mol. The van der Waals surface area contributed by atoms with Crippen LogP contribution in [0.5, 0.6) is 0 Å². The van der Waals surface area contributed by atoms with Crippen molar-refractivity contribution < 1.29 is 5.11 Å². The van der Waals surface area contributed by atoms with E-state index in [0.717, 1.165) is 13.0 Å². The Morgan fingerprint density at radius 2 is 1.52 bits per heavy atom. The Morgan fingerprint density at radius 3 is 2.00 bits per heavy atom. The van der Waals surface area contributed by atoms with Crippen molar-refractivity contribution in [2.75, 3.05) is 23.7 Å². The number of rotatable bonds is 6. The average molecular weight is 331 g/mol. The smallest absolute Gasteiger partial charge is 0.225 e. The second-order valence-electron chi connectivity index (χ2n) is 4.54. The van der Waals surface area contributed by atoms with E-state index in [-0.39, 0.29) is 10.6 Å². The fraction of sp³-hybridized carbons (Fsp3) is 0.500. The monoisotopic (exact) mass is 330 g/mol. The molecule has 0 radical (unpaired) electrons. The minimum Gasteiger partial charge on any atom is -0.392 e. The van der Waals surface area contributed by atoms with Gasteiger partial charge in [-0.05, 0) is 36.5 Å². The number of aliphatic hydroxyl groups is 1. The van der Waals surface area contributed by atoms with Gasteiger partial charge in [-0.15, -0.1) is 0 Å². The van der Waals surface area contributed by atoms with E-state index in [1.807, 2.05) is 6.92 Å². The molecule has 0 aliphatic carbocycles. The lowest BCUT2D eigenvalue weighted by Gasteiger charge is -2.12. The lowest BCUT2D eigenvalue weighted by molar-refractivity contribution is 0.208. The number of nitrogens with one attached hydrogen (secondary N) is 2. The van der Waals surface area contributed by atoms with Crippen LogP contribution in [0.4, 0.5) is 11.6 Å². The van der Waals surface area contributed by atoms with Crippen LogP contribution in [0, 0.1) is 0 Å². The van der Waals surface area contributed by atoms with Crippen molar-refractivity contribution in [1.29, 1.82) is 0 Å². The number of aliphatic hydroxyl groups excluding tert-OH is 1. The van der Waals surface area contributed by atoms with Crippen LogP contribution < -0.4 is 10.6 Å². The van der Waals surface area contributed by atoms with Crippen molar-refractivity contribution >= 4 is 45.9 Å². The Labute approximate surface area is 132 Å². The Hall–Kier alpha value is -1.44. The quantitative estimate of drug-likeness (QED) is 0.699. The molecule has 0 bridgehead atoms. The highest BCUT2D eigenvalue weighted by molar-refractivity contribution is 6.30. The summed E-state index contributed by atoms with van der Waals surface area (Å²) in [5, 5.41) is 15.6. The van der Waals surface area contributed by atoms with Gasteiger partial charge in [0.1, 0.15) is 11.0 Å². The van der Waals surface area contributed by atoms with E-state index in [4.69, 9.17) is 23.2 Å². The molecule has 7 nitrogen and oxygen atoms in total. The molecule has 0 saturated heterocycles. The fourth-order valence-corrected chi connectivity index (χ4v) is 2.03. The second-order valence-corrected chi connectivity index (χ2v) is 5.21. The topological polar surface area (TPSA) is 95.9 Å². The number of nitrogens with zero attached hydrogens (tertiary/aromatic N) is 4. The Kier molecular flexibility index (Phi) is 5.33. The van der Waals surface area contributed by atoms with Crippen molar-refractivity contribution in [3.63, 3.8) is 0 Å². The first-order chi connectivity index (χ1) is 10.0. The maximum absolute atomic E-state index is 9.37. The van der Waals surface area contributed by atoms with Gasteiger partial charge in [0.05, 0.1) is 6.10 Å². The van der Waals surface area contributed by atoms with E-state index in [1.165, 1.54) is 0 Å². The normalized spacial score (nSPS) is 12.4. The summed E-state index contributed by atoms with van der Waals surface area (Å²) in [5.74, 6) is 0.922. The Bertz CT molecular complexity index is 637. The number of fused-ring (bicyclic) bond motifs is 1. The summed E-state index contributed by atoms with van der Waals surface area (Å²) in [6.07, 6.45) is 0.387. The summed E-state index contributed by atoms with van der Waals surface area (Å²) in [6.45, 7) is 4.73. The summed E-state index contributed by atoms with van der Waals surface area (Å²) in [6, 6.07) is 0. The molecule has 0 amide bonds. The molecule has 2 heterocycles. The van der Waals surface area contributed by atoms with Crippen molar-refractivity contribution in [2.24, 2.45) is 0 Å². The van der Waals surface area contributed by atoms with Crippen LogP contribution in [0.15, 0.2) is 0 Å². The third kappa shape index (κ3) is 4.03. The highest BCUT2D eigenvalue weighted by Crippen LogP contribution is 2.26. The summed E-state index contributed by atoms with van der Waals surface area (Å²) >= 11 is 11.9. The molecule has 3 N–H and O–H groups in total. The first kappa shape index (κ1) is 15.9. The standard InChI is InChI=1S/C12H16Cl2N6O/c1-3-4-15-9-7-8(18-11(13)19-9)10(16-5-6(2)21)20-12(14)17-7/h6,21H,3-5H2,1-2H3,(H,15,18,19)(H,16,17,20)/t6-/m0/s1. The van der Waals surface area contributed by atoms with E-state index in [1.54, 1.807) is 6.92 Å². The zero-order valence-corrected chi connectivity index (χ0v) is 13.2. The van der Waals surface area contributed by atoms with E-state index in [9.17, 15) is 5.11 Å². The third-order valence-electron chi connectivity index (χ3n) is 2.60. The maximum atomic E-state index is 9.37. The van der Waals surface area contributed by atoms with Crippen LogP contribution in [-0.2, 0) is 0 Å². The van der Waals surface area contributed by atoms with Gasteiger partial charge in [-0.3, -0.25) is 0 Å². The van der Waals surface area contributed by atoms with Crippen LogP contribution in [0.3, 0.4) is 0 Å². The van der Waals surface area contributed by atoms with E-state index in [2.05, 4.69) is 30.6 Å². The molecule has 21 heavy (non-hydrogen) atoms. The molecule has 9 heteroatoms. The minimum atomic E-state index is -0.538. The van der Waals surface area contributed by atoms with E-state index in [0.29, 0.717) is 29.2 Å². The maximum Gasteiger partial charge on any atom is 0.225 e. The lowest BCUT2D eigenvalue weighted by atomic mass is 10.3. The van der Waals surface area contributed by atoms with E-state index < -0.39 is 6.10 Å². The molecule has 114 valence electrons. The zero-order chi connectivity index (χ0) is 15.4. The van der Waals surface area contributed by atoms with Crippen molar-refractivity contribution in [3.05, 3.63) is 10.6 Å². The number of anilines is 2. The number of aromatic nitrogens is 4. The van der Waals surface area contributed by atoms with Gasteiger partial charge in [0.15, 0.2) is 11.6 Å². The molecule has 0 fully saturated rings. The fourth-order valence-electron chi connectivity index (χ4n) is 1.70. The predicted octanol–water partition coefficient (Wildman–Crippen LogP) is 2.34. The molecule has 2 rings (SSSR count).